The third-order valence-corrected chi connectivity index (χ3v) is 4.45. The summed E-state index contributed by atoms with van der Waals surface area (Å²) in [5, 5.41) is 0.767. The van der Waals surface area contributed by atoms with Crippen LogP contribution in [0.3, 0.4) is 0 Å². The second kappa shape index (κ2) is 6.29. The molecule has 0 atom stereocenters. The first-order valence-electron chi connectivity index (χ1n) is 8.11. The summed E-state index contributed by atoms with van der Waals surface area (Å²) in [7, 11) is 0. The van der Waals surface area contributed by atoms with E-state index in [1.807, 2.05) is 30.3 Å². The molecule has 0 bridgehead atoms. The zero-order valence-electron chi connectivity index (χ0n) is 13.5. The lowest BCUT2D eigenvalue weighted by atomic mass is 10.2. The monoisotopic (exact) mass is 339 g/mol. The van der Waals surface area contributed by atoms with Crippen molar-refractivity contribution in [2.75, 3.05) is 11.4 Å². The van der Waals surface area contributed by atoms with Crippen molar-refractivity contribution in [1.29, 1.82) is 0 Å². The molecule has 122 valence electrons. The Bertz CT molecular complexity index is 840. The van der Waals surface area contributed by atoms with Gasteiger partial charge in [0.25, 0.3) is 0 Å². The third-order valence-electron chi connectivity index (χ3n) is 4.23. The van der Waals surface area contributed by atoms with Crippen molar-refractivity contribution in [3.8, 4) is 11.6 Å². The van der Waals surface area contributed by atoms with Gasteiger partial charge in [0.1, 0.15) is 17.1 Å². The Labute approximate surface area is 146 Å². The maximum atomic E-state index is 6.23. The highest BCUT2D eigenvalue weighted by atomic mass is 35.5. The molecule has 3 heterocycles. The number of halogens is 1. The number of hydrogen-bond acceptors (Lipinski definition) is 4. The van der Waals surface area contributed by atoms with E-state index in [-0.39, 0.29) is 0 Å². The van der Waals surface area contributed by atoms with Crippen LogP contribution in [0.1, 0.15) is 23.4 Å². The lowest BCUT2D eigenvalue weighted by Crippen LogP contribution is -2.22. The van der Waals surface area contributed by atoms with E-state index in [4.69, 9.17) is 21.0 Å². The molecule has 24 heavy (non-hydrogen) atoms. The molecule has 5 heteroatoms. The van der Waals surface area contributed by atoms with Crippen molar-refractivity contribution in [1.82, 2.24) is 9.97 Å². The minimum Gasteiger partial charge on any atom is -0.440 e. The van der Waals surface area contributed by atoms with Crippen molar-refractivity contribution < 1.29 is 4.42 Å². The fraction of sp³-hybridized carbons (Fsp3) is 0.263. The number of nitrogens with zero attached hydrogens (tertiary/aromatic N) is 3. The zero-order valence-corrected chi connectivity index (χ0v) is 14.3. The molecule has 0 spiro atoms. The number of hydrogen-bond donors (Lipinski definition) is 0. The summed E-state index contributed by atoms with van der Waals surface area (Å²) >= 11 is 6.23. The van der Waals surface area contributed by atoms with Crippen molar-refractivity contribution in [2.24, 2.45) is 0 Å². The molecule has 0 saturated heterocycles. The maximum Gasteiger partial charge on any atom is 0.245 e. The normalized spacial score (nSPS) is 14.3. The van der Waals surface area contributed by atoms with E-state index in [2.05, 4.69) is 22.9 Å². The predicted octanol–water partition coefficient (Wildman–Crippen LogP) is 4.65. The third kappa shape index (κ3) is 3.02. The molecule has 1 aliphatic rings. The zero-order chi connectivity index (χ0) is 16.5. The molecule has 0 unspecified atom stereocenters. The molecule has 0 amide bonds. The minimum absolute atomic E-state index is 0.602. The molecule has 0 fully saturated rings. The molecule has 0 saturated carbocycles. The SMILES string of the molecule is Cc1cc(Cl)cc(N2CCCc3oc(-c4ccccn4)nc3C2)c1. The number of anilines is 1. The molecule has 0 N–H and O–H groups in total. The van der Waals surface area contributed by atoms with Crippen LogP contribution in [0.5, 0.6) is 0 Å². The summed E-state index contributed by atoms with van der Waals surface area (Å²) in [4.78, 5) is 11.3. The second-order valence-electron chi connectivity index (χ2n) is 6.12. The summed E-state index contributed by atoms with van der Waals surface area (Å²) in [6.07, 6.45) is 3.67. The van der Waals surface area contributed by atoms with Gasteiger partial charge in [-0.05, 0) is 49.2 Å². The topological polar surface area (TPSA) is 42.2 Å². The Morgan fingerprint density at radius 3 is 2.92 bits per heavy atom. The fourth-order valence-corrected chi connectivity index (χ4v) is 3.40. The van der Waals surface area contributed by atoms with Gasteiger partial charge < -0.3 is 9.32 Å². The highest BCUT2D eigenvalue weighted by molar-refractivity contribution is 6.30. The Morgan fingerprint density at radius 1 is 1.21 bits per heavy atom. The van der Waals surface area contributed by atoms with Crippen molar-refractivity contribution in [3.63, 3.8) is 0 Å². The Balaban J connectivity index is 1.66. The summed E-state index contributed by atoms with van der Waals surface area (Å²) < 4.78 is 5.98. The molecule has 1 aliphatic heterocycles. The van der Waals surface area contributed by atoms with Gasteiger partial charge in [-0.15, -0.1) is 0 Å². The molecule has 2 aromatic heterocycles. The Morgan fingerprint density at radius 2 is 2.12 bits per heavy atom. The van der Waals surface area contributed by atoms with Gasteiger partial charge in [-0.1, -0.05) is 17.7 Å². The van der Waals surface area contributed by atoms with Crippen LogP contribution in [-0.2, 0) is 13.0 Å². The smallest absolute Gasteiger partial charge is 0.245 e. The second-order valence-corrected chi connectivity index (χ2v) is 6.55. The fourth-order valence-electron chi connectivity index (χ4n) is 3.11. The van der Waals surface area contributed by atoms with Crippen LogP contribution in [0.4, 0.5) is 5.69 Å². The average Bonchev–Trinajstić information content (AvgIpc) is 2.86. The first kappa shape index (κ1) is 15.2. The minimum atomic E-state index is 0.602. The Kier molecular flexibility index (Phi) is 3.98. The number of pyridine rings is 1. The van der Waals surface area contributed by atoms with Crippen molar-refractivity contribution >= 4 is 17.3 Å². The number of benzene rings is 1. The van der Waals surface area contributed by atoms with E-state index < -0.39 is 0 Å². The van der Waals surface area contributed by atoms with Crippen LogP contribution in [0.2, 0.25) is 5.02 Å². The van der Waals surface area contributed by atoms with E-state index in [0.717, 1.165) is 59.4 Å². The van der Waals surface area contributed by atoms with Crippen LogP contribution in [-0.4, -0.2) is 16.5 Å². The molecule has 1 aromatic carbocycles. The van der Waals surface area contributed by atoms with Crippen LogP contribution in [0.15, 0.2) is 47.0 Å². The number of oxazole rings is 1. The average molecular weight is 340 g/mol. The van der Waals surface area contributed by atoms with E-state index in [1.165, 1.54) is 0 Å². The molecule has 0 radical (unpaired) electrons. The standard InChI is InChI=1S/C19H18ClN3O/c1-13-9-14(20)11-15(10-13)23-8-4-6-18-17(12-23)22-19(24-18)16-5-2-3-7-21-16/h2-3,5,7,9-11H,4,6,8,12H2,1H3. The highest BCUT2D eigenvalue weighted by Gasteiger charge is 2.22. The number of aryl methyl sites for hydroxylation is 2. The number of fused-ring (bicyclic) bond motifs is 1. The first-order valence-corrected chi connectivity index (χ1v) is 8.49. The van der Waals surface area contributed by atoms with Crippen LogP contribution in [0, 0.1) is 6.92 Å². The van der Waals surface area contributed by atoms with Gasteiger partial charge in [0.05, 0.1) is 6.54 Å². The molecular weight excluding hydrogens is 322 g/mol. The molecule has 4 nitrogen and oxygen atoms in total. The predicted molar refractivity (Wildman–Crippen MR) is 95.3 cm³/mol. The van der Waals surface area contributed by atoms with E-state index in [9.17, 15) is 0 Å². The summed E-state index contributed by atoms with van der Waals surface area (Å²) in [5.74, 6) is 1.57. The number of aromatic nitrogens is 2. The summed E-state index contributed by atoms with van der Waals surface area (Å²) in [5.41, 5.74) is 4.06. The molecular formula is C19H18ClN3O. The van der Waals surface area contributed by atoms with Crippen molar-refractivity contribution in [3.05, 3.63) is 64.6 Å². The van der Waals surface area contributed by atoms with Gasteiger partial charge in [0, 0.05) is 29.9 Å². The summed E-state index contributed by atoms with van der Waals surface area (Å²) in [6.45, 7) is 3.75. The molecule has 0 aliphatic carbocycles. The van der Waals surface area contributed by atoms with Gasteiger partial charge in [-0.3, -0.25) is 4.98 Å². The van der Waals surface area contributed by atoms with Crippen LogP contribution < -0.4 is 4.90 Å². The van der Waals surface area contributed by atoms with E-state index >= 15 is 0 Å². The van der Waals surface area contributed by atoms with Crippen molar-refractivity contribution in [2.45, 2.75) is 26.3 Å². The summed E-state index contributed by atoms with van der Waals surface area (Å²) in [6, 6.07) is 11.9. The number of rotatable bonds is 2. The van der Waals surface area contributed by atoms with E-state index in [1.54, 1.807) is 6.20 Å². The van der Waals surface area contributed by atoms with Gasteiger partial charge in [-0.2, -0.15) is 0 Å². The van der Waals surface area contributed by atoms with Gasteiger partial charge in [0.15, 0.2) is 0 Å². The first-order chi connectivity index (χ1) is 11.7. The molecule has 3 aromatic rings. The van der Waals surface area contributed by atoms with Gasteiger partial charge in [0.2, 0.25) is 5.89 Å². The Hall–Kier alpha value is -2.33. The molecule has 4 rings (SSSR count). The van der Waals surface area contributed by atoms with E-state index in [0.29, 0.717) is 5.89 Å². The van der Waals surface area contributed by atoms with Gasteiger partial charge in [-0.25, -0.2) is 4.98 Å². The lowest BCUT2D eigenvalue weighted by Gasteiger charge is -2.23. The maximum absolute atomic E-state index is 6.23. The quantitative estimate of drug-likeness (QED) is 0.681. The van der Waals surface area contributed by atoms with Crippen LogP contribution in [0.25, 0.3) is 11.6 Å². The highest BCUT2D eigenvalue weighted by Crippen LogP contribution is 2.29. The lowest BCUT2D eigenvalue weighted by molar-refractivity contribution is 0.511. The largest absolute Gasteiger partial charge is 0.440 e. The van der Waals surface area contributed by atoms with Gasteiger partial charge >= 0.3 is 0 Å². The van der Waals surface area contributed by atoms with Crippen LogP contribution >= 0.6 is 11.6 Å².